The van der Waals surface area contributed by atoms with Gasteiger partial charge in [0.1, 0.15) is 17.4 Å². The molecule has 4 heteroatoms. The van der Waals surface area contributed by atoms with Gasteiger partial charge in [0, 0.05) is 17.5 Å². The Kier molecular flexibility index (Phi) is 3.82. The quantitative estimate of drug-likeness (QED) is 0.798. The number of ether oxygens (including phenoxy) is 1. The highest BCUT2D eigenvalue weighted by atomic mass is 16.5. The van der Waals surface area contributed by atoms with Gasteiger partial charge in [0.2, 0.25) is 0 Å². The van der Waals surface area contributed by atoms with Gasteiger partial charge in [0.05, 0.1) is 6.61 Å². The van der Waals surface area contributed by atoms with Crippen LogP contribution >= 0.6 is 0 Å². The lowest BCUT2D eigenvalue weighted by Crippen LogP contribution is -2.31. The van der Waals surface area contributed by atoms with E-state index in [1.54, 1.807) is 6.07 Å². The first-order chi connectivity index (χ1) is 11.7. The average Bonchev–Trinajstić information content (AvgIpc) is 2.98. The van der Waals surface area contributed by atoms with Crippen LogP contribution in [0.15, 0.2) is 52.9 Å². The zero-order chi connectivity index (χ0) is 16.5. The van der Waals surface area contributed by atoms with E-state index in [4.69, 9.17) is 9.15 Å². The van der Waals surface area contributed by atoms with E-state index in [-0.39, 0.29) is 12.0 Å². The van der Waals surface area contributed by atoms with E-state index in [1.807, 2.05) is 37.3 Å². The monoisotopic (exact) mass is 321 g/mol. The van der Waals surface area contributed by atoms with Crippen LogP contribution in [0.5, 0.6) is 0 Å². The minimum atomic E-state index is -0.0950. The Morgan fingerprint density at radius 1 is 1.21 bits per heavy atom. The molecule has 0 bridgehead atoms. The number of furan rings is 1. The summed E-state index contributed by atoms with van der Waals surface area (Å²) in [6, 6.07) is 15.7. The number of rotatable bonds is 3. The zero-order valence-corrected chi connectivity index (χ0v) is 13.5. The van der Waals surface area contributed by atoms with Gasteiger partial charge < -0.3 is 14.5 Å². The molecule has 1 N–H and O–H groups in total. The van der Waals surface area contributed by atoms with E-state index in [9.17, 15) is 4.79 Å². The maximum atomic E-state index is 12.5. The van der Waals surface area contributed by atoms with Crippen LogP contribution in [0.1, 0.15) is 33.3 Å². The third kappa shape index (κ3) is 2.81. The number of benzene rings is 2. The molecule has 1 atom stereocenters. The van der Waals surface area contributed by atoms with Gasteiger partial charge in [0.25, 0.3) is 5.91 Å². The van der Waals surface area contributed by atoms with E-state index in [0.717, 1.165) is 23.2 Å². The molecule has 4 rings (SSSR count). The van der Waals surface area contributed by atoms with Gasteiger partial charge in [-0.05, 0) is 48.7 Å². The summed E-state index contributed by atoms with van der Waals surface area (Å²) < 4.78 is 11.4. The van der Waals surface area contributed by atoms with Crippen LogP contribution in [0.25, 0.3) is 11.0 Å². The van der Waals surface area contributed by atoms with E-state index < -0.39 is 0 Å². The van der Waals surface area contributed by atoms with Crippen LogP contribution in [0, 0.1) is 6.92 Å². The molecule has 0 radical (unpaired) electrons. The van der Waals surface area contributed by atoms with E-state index in [1.165, 1.54) is 11.1 Å². The van der Waals surface area contributed by atoms with E-state index in [2.05, 4.69) is 17.4 Å². The lowest BCUT2D eigenvalue weighted by atomic mass is 9.97. The Labute approximate surface area is 140 Å². The largest absolute Gasteiger partial charge is 0.461 e. The number of hydrogen-bond acceptors (Lipinski definition) is 3. The molecule has 4 nitrogen and oxygen atoms in total. The molecule has 1 aliphatic heterocycles. The number of carbonyl (C=O) groups is 1. The van der Waals surface area contributed by atoms with Crippen LogP contribution in [-0.4, -0.2) is 19.1 Å². The highest BCUT2D eigenvalue weighted by molar-refractivity contribution is 5.97. The molecule has 1 aromatic heterocycles. The molecule has 2 heterocycles. The fourth-order valence-electron chi connectivity index (χ4n) is 3.25. The first-order valence-electron chi connectivity index (χ1n) is 8.18. The Hall–Kier alpha value is -2.59. The average molecular weight is 321 g/mol. The first-order valence-corrected chi connectivity index (χ1v) is 8.18. The minimum Gasteiger partial charge on any atom is -0.461 e. The van der Waals surface area contributed by atoms with Crippen LogP contribution in [0.3, 0.4) is 0 Å². The topological polar surface area (TPSA) is 51.5 Å². The van der Waals surface area contributed by atoms with Crippen LogP contribution in [0.4, 0.5) is 0 Å². The van der Waals surface area contributed by atoms with Crippen molar-refractivity contribution >= 4 is 16.9 Å². The molecule has 0 spiro atoms. The summed E-state index contributed by atoms with van der Waals surface area (Å²) in [4.78, 5) is 12.5. The molecule has 0 saturated carbocycles. The molecule has 24 heavy (non-hydrogen) atoms. The lowest BCUT2D eigenvalue weighted by Gasteiger charge is -2.26. The predicted octanol–water partition coefficient (Wildman–Crippen LogP) is 3.79. The van der Waals surface area contributed by atoms with Gasteiger partial charge in [-0.3, -0.25) is 4.79 Å². The number of amides is 1. The summed E-state index contributed by atoms with van der Waals surface area (Å²) in [7, 11) is 0. The van der Waals surface area contributed by atoms with Crippen LogP contribution < -0.4 is 5.32 Å². The Morgan fingerprint density at radius 3 is 3.00 bits per heavy atom. The van der Waals surface area contributed by atoms with Gasteiger partial charge in [-0.1, -0.05) is 24.3 Å². The third-order valence-electron chi connectivity index (χ3n) is 4.44. The smallest absolute Gasteiger partial charge is 0.251 e. The van der Waals surface area contributed by atoms with Crippen molar-refractivity contribution in [2.45, 2.75) is 19.4 Å². The van der Waals surface area contributed by atoms with Crippen molar-refractivity contribution in [3.05, 3.63) is 71.0 Å². The Bertz CT molecular complexity index is 897. The molecule has 0 aliphatic carbocycles. The van der Waals surface area contributed by atoms with Crippen molar-refractivity contribution in [1.82, 2.24) is 5.32 Å². The van der Waals surface area contributed by atoms with Crippen LogP contribution in [-0.2, 0) is 11.2 Å². The van der Waals surface area contributed by atoms with Gasteiger partial charge in [-0.2, -0.15) is 0 Å². The molecule has 1 amide bonds. The fourth-order valence-corrected chi connectivity index (χ4v) is 3.25. The van der Waals surface area contributed by atoms with E-state index in [0.29, 0.717) is 18.7 Å². The maximum absolute atomic E-state index is 12.5. The maximum Gasteiger partial charge on any atom is 0.251 e. The summed E-state index contributed by atoms with van der Waals surface area (Å²) in [5, 5.41) is 3.93. The van der Waals surface area contributed by atoms with Gasteiger partial charge >= 0.3 is 0 Å². The first kappa shape index (κ1) is 15.0. The van der Waals surface area contributed by atoms with Gasteiger partial charge in [-0.25, -0.2) is 0 Å². The molecule has 122 valence electrons. The normalized spacial score (nSPS) is 16.8. The van der Waals surface area contributed by atoms with E-state index >= 15 is 0 Å². The molecular weight excluding hydrogens is 302 g/mol. The zero-order valence-electron chi connectivity index (χ0n) is 13.5. The molecule has 0 fully saturated rings. The molecule has 0 saturated heterocycles. The molecule has 1 aliphatic rings. The van der Waals surface area contributed by atoms with Gasteiger partial charge in [-0.15, -0.1) is 0 Å². The second-order valence-corrected chi connectivity index (χ2v) is 6.13. The summed E-state index contributed by atoms with van der Waals surface area (Å²) in [5.74, 6) is 0.747. The summed E-state index contributed by atoms with van der Waals surface area (Å²) in [6.45, 7) is 3.06. The number of nitrogens with one attached hydrogen (secondary N) is 1. The van der Waals surface area contributed by atoms with Crippen molar-refractivity contribution in [3.8, 4) is 0 Å². The van der Waals surface area contributed by atoms with Crippen molar-refractivity contribution in [3.63, 3.8) is 0 Å². The summed E-state index contributed by atoms with van der Waals surface area (Å²) in [6.07, 6.45) is 0.843. The number of hydrogen-bond donors (Lipinski definition) is 1. The summed E-state index contributed by atoms with van der Waals surface area (Å²) >= 11 is 0. The molecule has 2 aromatic carbocycles. The van der Waals surface area contributed by atoms with Gasteiger partial charge in [0.15, 0.2) is 0 Å². The van der Waals surface area contributed by atoms with Crippen LogP contribution in [0.2, 0.25) is 0 Å². The molecule has 3 aromatic rings. The number of carbonyl (C=O) groups excluding carboxylic acids is 1. The highest BCUT2D eigenvalue weighted by Crippen LogP contribution is 2.26. The SMILES string of the molecule is Cc1cc2cc(C(=O)NCC3OCCc4ccccc43)ccc2o1. The fraction of sp³-hybridized carbons (Fsp3) is 0.250. The second kappa shape index (κ2) is 6.13. The highest BCUT2D eigenvalue weighted by Gasteiger charge is 2.21. The van der Waals surface area contributed by atoms with Crippen molar-refractivity contribution in [2.24, 2.45) is 0 Å². The Morgan fingerprint density at radius 2 is 2.08 bits per heavy atom. The predicted molar refractivity (Wildman–Crippen MR) is 92.1 cm³/mol. The van der Waals surface area contributed by atoms with Crippen molar-refractivity contribution < 1.29 is 13.9 Å². The lowest BCUT2D eigenvalue weighted by molar-refractivity contribution is 0.0411. The molecular formula is C20H19NO3. The summed E-state index contributed by atoms with van der Waals surface area (Å²) in [5.41, 5.74) is 3.91. The Balaban J connectivity index is 1.48. The third-order valence-corrected chi connectivity index (χ3v) is 4.44. The second-order valence-electron chi connectivity index (χ2n) is 6.13. The minimum absolute atomic E-state index is 0.0844. The molecule has 1 unspecified atom stereocenters. The van der Waals surface area contributed by atoms with Crippen molar-refractivity contribution in [2.75, 3.05) is 13.2 Å². The standard InChI is InChI=1S/C20H19NO3/c1-13-10-16-11-15(6-7-18(16)24-13)20(22)21-12-19-17-5-3-2-4-14(17)8-9-23-19/h2-7,10-11,19H,8-9,12H2,1H3,(H,21,22). The van der Waals surface area contributed by atoms with Crippen molar-refractivity contribution in [1.29, 1.82) is 0 Å². The number of aryl methyl sites for hydroxylation is 1. The number of fused-ring (bicyclic) bond motifs is 2.